The Morgan fingerprint density at radius 2 is 1.71 bits per heavy atom. The van der Waals surface area contributed by atoms with Gasteiger partial charge in [0.25, 0.3) is 11.8 Å². The number of pyridine rings is 1. The van der Waals surface area contributed by atoms with E-state index in [-0.39, 0.29) is 11.8 Å². The zero-order valence-electron chi connectivity index (χ0n) is 23.4. The minimum atomic E-state index is -0.193. The van der Waals surface area contributed by atoms with Crippen LogP contribution in [-0.2, 0) is 19.6 Å². The van der Waals surface area contributed by atoms with E-state index >= 15 is 0 Å². The molecule has 0 atom stereocenters. The van der Waals surface area contributed by atoms with Gasteiger partial charge in [-0.25, -0.2) is 0 Å². The maximum absolute atomic E-state index is 14.1. The number of methoxy groups -OCH3 is 2. The Morgan fingerprint density at radius 3 is 2.52 bits per heavy atom. The van der Waals surface area contributed by atoms with Crippen molar-refractivity contribution in [2.75, 3.05) is 19.1 Å². The molecule has 2 amide bonds. The van der Waals surface area contributed by atoms with Crippen molar-refractivity contribution in [1.82, 2.24) is 14.9 Å². The van der Waals surface area contributed by atoms with E-state index in [0.717, 1.165) is 39.5 Å². The molecule has 210 valence electrons. The number of para-hydroxylation sites is 1. The molecule has 0 saturated carbocycles. The predicted octanol–water partition coefficient (Wildman–Crippen LogP) is 5.71. The van der Waals surface area contributed by atoms with Gasteiger partial charge in [-0.3, -0.25) is 14.6 Å². The molecule has 42 heavy (non-hydrogen) atoms. The topological polar surface area (TPSA) is 85.7 Å². The minimum absolute atomic E-state index is 0.159. The molecule has 0 fully saturated rings. The van der Waals surface area contributed by atoms with Crippen LogP contribution in [0.25, 0.3) is 11.1 Å². The summed E-state index contributed by atoms with van der Waals surface area (Å²) in [5, 5.41) is 2.97. The van der Waals surface area contributed by atoms with Gasteiger partial charge in [-0.15, -0.1) is 0 Å². The predicted molar refractivity (Wildman–Crippen MR) is 161 cm³/mol. The Kier molecular flexibility index (Phi) is 7.43. The summed E-state index contributed by atoms with van der Waals surface area (Å²) >= 11 is 0. The van der Waals surface area contributed by atoms with Crippen molar-refractivity contribution in [3.8, 4) is 22.6 Å². The Labute approximate surface area is 244 Å². The first-order chi connectivity index (χ1) is 20.6. The van der Waals surface area contributed by atoms with Gasteiger partial charge in [0.1, 0.15) is 17.2 Å². The van der Waals surface area contributed by atoms with E-state index in [9.17, 15) is 9.59 Å². The molecule has 2 aromatic heterocycles. The highest BCUT2D eigenvalue weighted by Crippen LogP contribution is 2.35. The molecule has 1 aliphatic rings. The second-order valence-electron chi connectivity index (χ2n) is 9.97. The van der Waals surface area contributed by atoms with Gasteiger partial charge in [-0.2, -0.15) is 0 Å². The number of nitrogens with zero attached hydrogens (tertiary/aromatic N) is 3. The van der Waals surface area contributed by atoms with Gasteiger partial charge in [0.05, 0.1) is 39.5 Å². The number of hydrogen-bond donors (Lipinski definition) is 1. The van der Waals surface area contributed by atoms with Gasteiger partial charge in [-0.05, 0) is 71.8 Å². The lowest BCUT2D eigenvalue weighted by Crippen LogP contribution is -2.30. The average Bonchev–Trinajstić information content (AvgIpc) is 3.36. The summed E-state index contributed by atoms with van der Waals surface area (Å²) in [5.74, 6) is 0.979. The highest BCUT2D eigenvalue weighted by atomic mass is 16.5. The lowest BCUT2D eigenvalue weighted by Gasteiger charge is -2.23. The molecule has 1 aliphatic heterocycles. The van der Waals surface area contributed by atoms with Gasteiger partial charge in [0.15, 0.2) is 0 Å². The molecule has 3 heterocycles. The fourth-order valence-electron chi connectivity index (χ4n) is 5.31. The van der Waals surface area contributed by atoms with E-state index in [1.54, 1.807) is 31.4 Å². The van der Waals surface area contributed by atoms with E-state index in [1.165, 1.54) is 0 Å². The molecule has 6 rings (SSSR count). The fourth-order valence-corrected chi connectivity index (χ4v) is 5.31. The number of benzene rings is 3. The summed E-state index contributed by atoms with van der Waals surface area (Å²) < 4.78 is 13.1. The first kappa shape index (κ1) is 26.8. The molecule has 0 saturated heterocycles. The highest BCUT2D eigenvalue weighted by Gasteiger charge is 2.28. The first-order valence-corrected chi connectivity index (χ1v) is 13.6. The maximum Gasteiger partial charge on any atom is 0.268 e. The maximum atomic E-state index is 14.1. The van der Waals surface area contributed by atoms with Crippen molar-refractivity contribution in [3.63, 3.8) is 0 Å². The minimum Gasteiger partial charge on any atom is -0.497 e. The molecule has 0 aliphatic carbocycles. The van der Waals surface area contributed by atoms with Crippen molar-refractivity contribution < 1.29 is 19.1 Å². The molecule has 0 spiro atoms. The molecule has 0 unspecified atom stereocenters. The van der Waals surface area contributed by atoms with Crippen LogP contribution in [0.15, 0.2) is 103 Å². The Hall–Kier alpha value is -5.37. The van der Waals surface area contributed by atoms with Crippen LogP contribution in [-0.4, -0.2) is 35.6 Å². The Bertz CT molecular complexity index is 1760. The van der Waals surface area contributed by atoms with E-state index < -0.39 is 0 Å². The van der Waals surface area contributed by atoms with E-state index in [0.29, 0.717) is 36.6 Å². The van der Waals surface area contributed by atoms with Crippen molar-refractivity contribution in [3.05, 3.63) is 131 Å². The third kappa shape index (κ3) is 5.22. The van der Waals surface area contributed by atoms with Crippen molar-refractivity contribution in [2.24, 2.45) is 0 Å². The summed E-state index contributed by atoms with van der Waals surface area (Å²) in [6.07, 6.45) is 1.70. The Balaban J connectivity index is 1.31. The van der Waals surface area contributed by atoms with Crippen LogP contribution in [0.3, 0.4) is 0 Å². The smallest absolute Gasteiger partial charge is 0.268 e. The van der Waals surface area contributed by atoms with Crippen LogP contribution >= 0.6 is 0 Å². The zero-order chi connectivity index (χ0) is 29.1. The summed E-state index contributed by atoms with van der Waals surface area (Å²) in [5.41, 5.74) is 6.22. The fraction of sp³-hybridized carbons (Fsp3) is 0.147. The van der Waals surface area contributed by atoms with Crippen LogP contribution in [0.1, 0.15) is 37.8 Å². The lowest BCUT2D eigenvalue weighted by molar-refractivity contribution is 0.0940. The number of anilines is 1. The van der Waals surface area contributed by atoms with Crippen molar-refractivity contribution in [2.45, 2.75) is 19.6 Å². The molecule has 0 radical (unpaired) electrons. The molecule has 3 aromatic carbocycles. The molecular weight excluding hydrogens is 528 g/mol. The number of hydrogen-bond acceptors (Lipinski definition) is 5. The molecule has 8 nitrogen and oxygen atoms in total. The number of fused-ring (bicyclic) bond motifs is 2. The molecule has 1 N–H and O–H groups in total. The van der Waals surface area contributed by atoms with Gasteiger partial charge in [0, 0.05) is 28.7 Å². The largest absolute Gasteiger partial charge is 0.497 e. The van der Waals surface area contributed by atoms with Crippen LogP contribution < -0.4 is 19.7 Å². The standard InChI is InChI=1S/C34H30N4O4/c1-41-28-11-7-9-23(18-28)29-15-13-24(19-32(29)42-2)34(40)38-22-27-14-16-31(33(39)36-20-26-10-5-6-17-35-26)37(27)21-25-8-3-4-12-30(25)38/h3-19H,20-22H2,1-2H3,(H,36,39). The number of ether oxygens (including phenoxy) is 2. The monoisotopic (exact) mass is 558 g/mol. The third-order valence-corrected chi connectivity index (χ3v) is 7.47. The molecule has 0 bridgehead atoms. The van der Waals surface area contributed by atoms with Gasteiger partial charge >= 0.3 is 0 Å². The van der Waals surface area contributed by atoms with Crippen molar-refractivity contribution >= 4 is 17.5 Å². The molecule has 8 heteroatoms. The van der Waals surface area contributed by atoms with E-state index in [2.05, 4.69) is 10.3 Å². The van der Waals surface area contributed by atoms with Crippen molar-refractivity contribution in [1.29, 1.82) is 0 Å². The van der Waals surface area contributed by atoms with Crippen LogP contribution in [0.5, 0.6) is 11.5 Å². The second-order valence-corrected chi connectivity index (χ2v) is 9.97. The van der Waals surface area contributed by atoms with E-state index in [4.69, 9.17) is 9.47 Å². The number of rotatable bonds is 7. The zero-order valence-corrected chi connectivity index (χ0v) is 23.4. The van der Waals surface area contributed by atoms with E-state index in [1.807, 2.05) is 95.6 Å². The van der Waals surface area contributed by atoms with Crippen LogP contribution in [0.4, 0.5) is 5.69 Å². The number of amides is 2. The molecular formula is C34H30N4O4. The number of aromatic nitrogens is 2. The number of carbonyl (C=O) groups is 2. The SMILES string of the molecule is COc1cccc(-c2ccc(C(=O)N3Cc4ccc(C(=O)NCc5ccccn5)n4Cc4ccccc43)cc2OC)c1. The first-order valence-electron chi connectivity index (χ1n) is 13.6. The summed E-state index contributed by atoms with van der Waals surface area (Å²) in [4.78, 5) is 33.4. The van der Waals surface area contributed by atoms with Gasteiger partial charge in [-0.1, -0.05) is 36.4 Å². The quantitative estimate of drug-likeness (QED) is 0.277. The van der Waals surface area contributed by atoms with Gasteiger partial charge < -0.3 is 24.3 Å². The second kappa shape index (κ2) is 11.6. The van der Waals surface area contributed by atoms with Gasteiger partial charge in [0.2, 0.25) is 0 Å². The normalized spacial score (nSPS) is 12.1. The van der Waals surface area contributed by atoms with Crippen LogP contribution in [0, 0.1) is 0 Å². The lowest BCUT2D eigenvalue weighted by atomic mass is 10.0. The molecule has 5 aromatic rings. The summed E-state index contributed by atoms with van der Waals surface area (Å²) in [6, 6.07) is 30.4. The number of carbonyl (C=O) groups excluding carboxylic acids is 2. The van der Waals surface area contributed by atoms with Crippen LogP contribution in [0.2, 0.25) is 0 Å². The third-order valence-electron chi connectivity index (χ3n) is 7.47. The summed E-state index contributed by atoms with van der Waals surface area (Å²) in [6.45, 7) is 1.10. The highest BCUT2D eigenvalue weighted by molar-refractivity contribution is 6.07. The summed E-state index contributed by atoms with van der Waals surface area (Å²) in [7, 11) is 3.23. The number of nitrogens with one attached hydrogen (secondary N) is 1. The average molecular weight is 559 g/mol. The Morgan fingerprint density at radius 1 is 0.857 bits per heavy atom.